The lowest BCUT2D eigenvalue weighted by atomic mass is 10.1. The highest BCUT2D eigenvalue weighted by molar-refractivity contribution is 5.26. The van der Waals surface area contributed by atoms with Crippen molar-refractivity contribution >= 4 is 0 Å². The molecule has 0 fully saturated rings. The van der Waals surface area contributed by atoms with E-state index in [4.69, 9.17) is 6.42 Å². The summed E-state index contributed by atoms with van der Waals surface area (Å²) in [5.41, 5.74) is 4.10. The van der Waals surface area contributed by atoms with Crippen molar-refractivity contribution in [3.05, 3.63) is 23.0 Å². The van der Waals surface area contributed by atoms with Crippen LogP contribution in [0.5, 0.6) is 0 Å². The lowest BCUT2D eigenvalue weighted by Gasteiger charge is -2.14. The summed E-state index contributed by atoms with van der Waals surface area (Å²) in [5.74, 6) is 2.73. The highest BCUT2D eigenvalue weighted by atomic mass is 15.0. The van der Waals surface area contributed by atoms with Crippen molar-refractivity contribution in [1.82, 2.24) is 9.88 Å². The number of hydrogen-bond donors (Lipinski definition) is 1. The Hall–Kier alpha value is -1.20. The highest BCUT2D eigenvalue weighted by Gasteiger charge is 2.09. The van der Waals surface area contributed by atoms with Gasteiger partial charge < -0.3 is 9.88 Å². The Bertz CT molecular complexity index is 396. The maximum atomic E-state index is 5.36. The second-order valence-electron chi connectivity index (χ2n) is 4.53. The Morgan fingerprint density at radius 1 is 1.41 bits per heavy atom. The number of hydrogen-bond acceptors (Lipinski definition) is 1. The van der Waals surface area contributed by atoms with Crippen molar-refractivity contribution in [2.24, 2.45) is 0 Å². The van der Waals surface area contributed by atoms with Crippen LogP contribution in [-0.4, -0.2) is 10.6 Å². The van der Waals surface area contributed by atoms with Gasteiger partial charge in [0.25, 0.3) is 0 Å². The van der Waals surface area contributed by atoms with Crippen LogP contribution >= 0.6 is 0 Å². The molecule has 0 bridgehead atoms. The summed E-state index contributed by atoms with van der Waals surface area (Å²) in [6.07, 6.45) is 7.25. The summed E-state index contributed by atoms with van der Waals surface area (Å²) < 4.78 is 2.35. The van der Waals surface area contributed by atoms with E-state index < -0.39 is 0 Å². The molecule has 1 atom stereocenters. The number of nitrogens with one attached hydrogen (secondary N) is 1. The third-order valence-electron chi connectivity index (χ3n) is 3.43. The van der Waals surface area contributed by atoms with Crippen LogP contribution in [0.1, 0.15) is 43.6 Å². The molecule has 1 heterocycles. The Morgan fingerprint density at radius 3 is 2.59 bits per heavy atom. The van der Waals surface area contributed by atoms with Gasteiger partial charge in [-0.25, -0.2) is 0 Å². The molecule has 17 heavy (non-hydrogen) atoms. The summed E-state index contributed by atoms with van der Waals surface area (Å²) in [4.78, 5) is 0. The predicted octanol–water partition coefficient (Wildman–Crippen LogP) is 3.02. The van der Waals surface area contributed by atoms with Crippen LogP contribution < -0.4 is 5.32 Å². The molecule has 1 unspecified atom stereocenters. The summed E-state index contributed by atoms with van der Waals surface area (Å²) in [5, 5.41) is 3.54. The molecular weight excluding hydrogens is 208 g/mol. The Morgan fingerprint density at radius 2 is 2.12 bits per heavy atom. The molecule has 0 radical (unpaired) electrons. The van der Waals surface area contributed by atoms with E-state index in [2.05, 4.69) is 49.6 Å². The maximum Gasteiger partial charge on any atom is 0.0240 e. The molecule has 94 valence electrons. The molecule has 0 aliphatic rings. The molecule has 0 saturated carbocycles. The summed E-state index contributed by atoms with van der Waals surface area (Å²) in [6, 6.07) is 2.71. The Labute approximate surface area is 105 Å². The van der Waals surface area contributed by atoms with E-state index >= 15 is 0 Å². The van der Waals surface area contributed by atoms with Crippen LogP contribution in [0.25, 0.3) is 0 Å². The van der Waals surface area contributed by atoms with Crippen LogP contribution in [0.15, 0.2) is 6.07 Å². The van der Waals surface area contributed by atoms with E-state index in [0.29, 0.717) is 6.04 Å². The highest BCUT2D eigenvalue weighted by Crippen LogP contribution is 2.15. The molecule has 1 N–H and O–H groups in total. The Kier molecular flexibility index (Phi) is 5.31. The van der Waals surface area contributed by atoms with Gasteiger partial charge in [0.15, 0.2) is 0 Å². The van der Waals surface area contributed by atoms with Gasteiger partial charge in [0.1, 0.15) is 0 Å². The molecule has 0 spiro atoms. The van der Waals surface area contributed by atoms with Crippen molar-refractivity contribution in [3.8, 4) is 12.3 Å². The largest absolute Gasteiger partial charge is 0.349 e. The molecule has 2 nitrogen and oxygen atoms in total. The van der Waals surface area contributed by atoms with Crippen LogP contribution in [0.2, 0.25) is 0 Å². The molecular formula is C15H24N2. The predicted molar refractivity (Wildman–Crippen MR) is 73.9 cm³/mol. The first-order chi connectivity index (χ1) is 8.13. The minimum absolute atomic E-state index is 0.435. The van der Waals surface area contributed by atoms with E-state index in [-0.39, 0.29) is 0 Å². The van der Waals surface area contributed by atoms with Crippen molar-refractivity contribution in [1.29, 1.82) is 0 Å². The number of nitrogens with zero attached hydrogens (tertiary/aromatic N) is 1. The van der Waals surface area contributed by atoms with Gasteiger partial charge in [-0.2, -0.15) is 0 Å². The second-order valence-corrected chi connectivity index (χ2v) is 4.53. The van der Waals surface area contributed by atoms with Crippen molar-refractivity contribution in [3.63, 3.8) is 0 Å². The zero-order valence-corrected chi connectivity index (χ0v) is 11.5. The molecule has 0 aromatic carbocycles. The van der Waals surface area contributed by atoms with E-state index in [1.165, 1.54) is 17.0 Å². The van der Waals surface area contributed by atoms with E-state index in [1.807, 2.05) is 0 Å². The minimum atomic E-state index is 0.435. The van der Waals surface area contributed by atoms with Gasteiger partial charge in [-0.3, -0.25) is 0 Å². The van der Waals surface area contributed by atoms with E-state index in [0.717, 1.165) is 25.9 Å². The van der Waals surface area contributed by atoms with Crippen LogP contribution in [0.3, 0.4) is 0 Å². The summed E-state index contributed by atoms with van der Waals surface area (Å²) >= 11 is 0. The third kappa shape index (κ3) is 3.38. The van der Waals surface area contributed by atoms with Crippen molar-refractivity contribution in [2.45, 2.75) is 59.7 Å². The summed E-state index contributed by atoms with van der Waals surface area (Å²) in [7, 11) is 0. The molecule has 0 aliphatic heterocycles. The van der Waals surface area contributed by atoms with E-state index in [9.17, 15) is 0 Å². The molecule has 2 heteroatoms. The number of rotatable bonds is 6. The zero-order valence-electron chi connectivity index (χ0n) is 11.5. The molecule has 0 aliphatic carbocycles. The Balaban J connectivity index is 2.66. The standard InChI is InChI=1S/C15H24N2/c1-6-9-15(7-2)16-11-14-10-12(4)17(8-3)13(14)5/h1,10,15-16H,7-9,11H2,2-5H3. The smallest absolute Gasteiger partial charge is 0.0240 e. The molecule has 0 saturated heterocycles. The van der Waals surface area contributed by atoms with Gasteiger partial charge in [-0.15, -0.1) is 12.3 Å². The monoisotopic (exact) mass is 232 g/mol. The fourth-order valence-corrected chi connectivity index (χ4v) is 2.30. The average molecular weight is 232 g/mol. The quantitative estimate of drug-likeness (QED) is 0.746. The lowest BCUT2D eigenvalue weighted by molar-refractivity contribution is 0.505. The fraction of sp³-hybridized carbons (Fsp3) is 0.600. The SMILES string of the molecule is C#CCC(CC)NCc1cc(C)n(CC)c1C. The molecule has 1 rings (SSSR count). The van der Waals surface area contributed by atoms with Gasteiger partial charge >= 0.3 is 0 Å². The number of terminal acetylenes is 1. The maximum absolute atomic E-state index is 5.36. The normalized spacial score (nSPS) is 12.4. The lowest BCUT2D eigenvalue weighted by Crippen LogP contribution is -2.27. The summed E-state index contributed by atoms with van der Waals surface area (Å²) in [6.45, 7) is 10.7. The zero-order chi connectivity index (χ0) is 12.8. The van der Waals surface area contributed by atoms with Gasteiger partial charge in [0.2, 0.25) is 0 Å². The minimum Gasteiger partial charge on any atom is -0.349 e. The first-order valence-corrected chi connectivity index (χ1v) is 6.46. The van der Waals surface area contributed by atoms with Crippen LogP contribution in [-0.2, 0) is 13.1 Å². The number of aryl methyl sites for hydroxylation is 1. The van der Waals surface area contributed by atoms with Gasteiger partial charge in [-0.1, -0.05) is 6.92 Å². The van der Waals surface area contributed by atoms with Crippen molar-refractivity contribution < 1.29 is 0 Å². The molecule has 1 aromatic heterocycles. The molecule has 0 amide bonds. The first kappa shape index (κ1) is 13.9. The fourth-order valence-electron chi connectivity index (χ4n) is 2.30. The average Bonchev–Trinajstić information content (AvgIpc) is 2.59. The van der Waals surface area contributed by atoms with E-state index in [1.54, 1.807) is 0 Å². The van der Waals surface area contributed by atoms with Gasteiger partial charge in [0.05, 0.1) is 0 Å². The van der Waals surface area contributed by atoms with Crippen LogP contribution in [0, 0.1) is 26.2 Å². The van der Waals surface area contributed by atoms with Crippen molar-refractivity contribution in [2.75, 3.05) is 0 Å². The topological polar surface area (TPSA) is 17.0 Å². The second kappa shape index (κ2) is 6.51. The van der Waals surface area contributed by atoms with Gasteiger partial charge in [0, 0.05) is 36.9 Å². The van der Waals surface area contributed by atoms with Crippen LogP contribution in [0.4, 0.5) is 0 Å². The van der Waals surface area contributed by atoms with Gasteiger partial charge in [-0.05, 0) is 38.8 Å². The third-order valence-corrected chi connectivity index (χ3v) is 3.43. The molecule has 1 aromatic rings. The first-order valence-electron chi connectivity index (χ1n) is 6.46. The number of aromatic nitrogens is 1.